The van der Waals surface area contributed by atoms with E-state index in [1.807, 2.05) is 18.4 Å². The number of amidine groups is 1. The Bertz CT molecular complexity index is 315. The van der Waals surface area contributed by atoms with Crippen molar-refractivity contribution in [2.24, 2.45) is 5.73 Å². The van der Waals surface area contributed by atoms with Gasteiger partial charge in [0.2, 0.25) is 0 Å². The fourth-order valence-electron chi connectivity index (χ4n) is 0.996. The van der Waals surface area contributed by atoms with E-state index >= 15 is 0 Å². The average molecular weight is 210 g/mol. The predicted molar refractivity (Wildman–Crippen MR) is 61.3 cm³/mol. The van der Waals surface area contributed by atoms with E-state index < -0.39 is 0 Å². The molecule has 0 bridgehead atoms. The molecule has 0 saturated heterocycles. The normalized spacial score (nSPS) is 9.79. The minimum Gasteiger partial charge on any atom is -0.493 e. The van der Waals surface area contributed by atoms with Gasteiger partial charge in [0.15, 0.2) is 0 Å². The third-order valence-corrected chi connectivity index (χ3v) is 2.28. The summed E-state index contributed by atoms with van der Waals surface area (Å²) in [5.74, 6) is 1.80. The fraction of sp³-hybridized carbons (Fsp3) is 0.300. The van der Waals surface area contributed by atoms with Crippen LogP contribution < -0.4 is 10.5 Å². The van der Waals surface area contributed by atoms with Crippen molar-refractivity contribution in [3.8, 4) is 5.75 Å². The second-order valence-electron chi connectivity index (χ2n) is 2.78. The van der Waals surface area contributed by atoms with Crippen molar-refractivity contribution in [1.82, 2.24) is 0 Å². The Morgan fingerprint density at radius 1 is 1.57 bits per heavy atom. The second-order valence-corrected chi connectivity index (χ2v) is 3.77. The van der Waals surface area contributed by atoms with Gasteiger partial charge in [0, 0.05) is 11.3 Å². The van der Waals surface area contributed by atoms with E-state index in [0.29, 0.717) is 12.2 Å². The standard InChI is InChI=1S/C10H14N2OS/c1-14-6-5-13-9-4-2-3-8(7-9)10(11)12/h2-4,7H,5-6H2,1H3,(H3,11,12). The molecule has 4 heteroatoms. The largest absolute Gasteiger partial charge is 0.493 e. The van der Waals surface area contributed by atoms with Crippen molar-refractivity contribution in [3.05, 3.63) is 29.8 Å². The van der Waals surface area contributed by atoms with E-state index in [1.54, 1.807) is 23.9 Å². The topological polar surface area (TPSA) is 59.1 Å². The minimum atomic E-state index is 0.0697. The lowest BCUT2D eigenvalue weighted by Gasteiger charge is -2.06. The van der Waals surface area contributed by atoms with E-state index in [9.17, 15) is 0 Å². The van der Waals surface area contributed by atoms with Crippen LogP contribution in [0.5, 0.6) is 5.75 Å². The second kappa shape index (κ2) is 5.54. The molecule has 0 aliphatic heterocycles. The third-order valence-electron chi connectivity index (χ3n) is 1.70. The Balaban J connectivity index is 2.59. The molecular formula is C10H14N2OS. The van der Waals surface area contributed by atoms with Crippen LogP contribution in [0.1, 0.15) is 5.56 Å². The Morgan fingerprint density at radius 2 is 2.36 bits per heavy atom. The molecule has 0 aromatic heterocycles. The van der Waals surface area contributed by atoms with Crippen molar-refractivity contribution in [2.45, 2.75) is 0 Å². The van der Waals surface area contributed by atoms with E-state index in [1.165, 1.54) is 0 Å². The van der Waals surface area contributed by atoms with Crippen molar-refractivity contribution in [3.63, 3.8) is 0 Å². The molecular weight excluding hydrogens is 196 g/mol. The summed E-state index contributed by atoms with van der Waals surface area (Å²) in [6.07, 6.45) is 2.04. The van der Waals surface area contributed by atoms with Gasteiger partial charge in [-0.3, -0.25) is 5.41 Å². The molecule has 0 amide bonds. The van der Waals surface area contributed by atoms with Gasteiger partial charge in [-0.1, -0.05) is 12.1 Å². The number of rotatable bonds is 5. The smallest absolute Gasteiger partial charge is 0.122 e. The summed E-state index contributed by atoms with van der Waals surface area (Å²) in [6, 6.07) is 7.28. The maximum Gasteiger partial charge on any atom is 0.122 e. The van der Waals surface area contributed by atoms with Crippen LogP contribution in [0, 0.1) is 5.41 Å². The first-order valence-electron chi connectivity index (χ1n) is 4.30. The van der Waals surface area contributed by atoms with Gasteiger partial charge in [-0.05, 0) is 18.4 Å². The number of hydrogen-bond donors (Lipinski definition) is 2. The van der Waals surface area contributed by atoms with E-state index in [-0.39, 0.29) is 5.84 Å². The molecule has 0 spiro atoms. The van der Waals surface area contributed by atoms with E-state index in [2.05, 4.69) is 0 Å². The number of nitrogens with two attached hydrogens (primary N) is 1. The molecule has 14 heavy (non-hydrogen) atoms. The Labute approximate surface area is 88.2 Å². The van der Waals surface area contributed by atoms with Crippen LogP contribution in [0.3, 0.4) is 0 Å². The molecule has 76 valence electrons. The van der Waals surface area contributed by atoms with Crippen molar-refractivity contribution in [2.75, 3.05) is 18.6 Å². The Hall–Kier alpha value is -1.16. The highest BCUT2D eigenvalue weighted by atomic mass is 32.2. The van der Waals surface area contributed by atoms with Gasteiger partial charge in [-0.2, -0.15) is 11.8 Å². The molecule has 0 aliphatic carbocycles. The maximum absolute atomic E-state index is 7.26. The lowest BCUT2D eigenvalue weighted by molar-refractivity contribution is 0.344. The van der Waals surface area contributed by atoms with Gasteiger partial charge in [-0.15, -0.1) is 0 Å². The van der Waals surface area contributed by atoms with E-state index in [0.717, 1.165) is 11.5 Å². The summed E-state index contributed by atoms with van der Waals surface area (Å²) in [6.45, 7) is 0.683. The van der Waals surface area contributed by atoms with Crippen LogP contribution in [-0.2, 0) is 0 Å². The SMILES string of the molecule is CSCCOc1cccc(C(=N)N)c1. The molecule has 3 nitrogen and oxygen atoms in total. The van der Waals surface area contributed by atoms with Crippen LogP contribution in [0.2, 0.25) is 0 Å². The van der Waals surface area contributed by atoms with Gasteiger partial charge in [-0.25, -0.2) is 0 Å². The predicted octanol–water partition coefficient (Wildman–Crippen LogP) is 1.71. The van der Waals surface area contributed by atoms with Gasteiger partial charge in [0.05, 0.1) is 6.61 Å². The summed E-state index contributed by atoms with van der Waals surface area (Å²) in [7, 11) is 0. The molecule has 0 fully saturated rings. The number of benzene rings is 1. The highest BCUT2D eigenvalue weighted by Crippen LogP contribution is 2.13. The first-order valence-corrected chi connectivity index (χ1v) is 5.69. The zero-order chi connectivity index (χ0) is 10.4. The van der Waals surface area contributed by atoms with Crippen molar-refractivity contribution < 1.29 is 4.74 Å². The number of ether oxygens (including phenoxy) is 1. The Morgan fingerprint density at radius 3 is 3.00 bits per heavy atom. The molecule has 0 unspecified atom stereocenters. The quantitative estimate of drug-likeness (QED) is 0.442. The summed E-state index contributed by atoms with van der Waals surface area (Å²) >= 11 is 1.74. The monoisotopic (exact) mass is 210 g/mol. The molecule has 1 aromatic carbocycles. The highest BCUT2D eigenvalue weighted by Gasteiger charge is 1.98. The average Bonchev–Trinajstić information content (AvgIpc) is 2.19. The lowest BCUT2D eigenvalue weighted by Crippen LogP contribution is -2.11. The summed E-state index contributed by atoms with van der Waals surface area (Å²) in [4.78, 5) is 0. The lowest BCUT2D eigenvalue weighted by atomic mass is 10.2. The molecule has 0 aliphatic rings. The van der Waals surface area contributed by atoms with Crippen LogP contribution in [0.4, 0.5) is 0 Å². The first-order chi connectivity index (χ1) is 6.74. The fourth-order valence-corrected chi connectivity index (χ4v) is 1.25. The van der Waals surface area contributed by atoms with Gasteiger partial charge >= 0.3 is 0 Å². The highest BCUT2D eigenvalue weighted by molar-refractivity contribution is 7.98. The van der Waals surface area contributed by atoms with Crippen LogP contribution in [0.25, 0.3) is 0 Å². The molecule has 0 saturated carbocycles. The minimum absolute atomic E-state index is 0.0697. The molecule has 0 heterocycles. The molecule has 0 atom stereocenters. The first kappa shape index (κ1) is 10.9. The van der Waals surface area contributed by atoms with Gasteiger partial charge in [0.25, 0.3) is 0 Å². The molecule has 1 rings (SSSR count). The molecule has 0 radical (unpaired) electrons. The zero-order valence-electron chi connectivity index (χ0n) is 8.12. The van der Waals surface area contributed by atoms with Crippen molar-refractivity contribution >= 4 is 17.6 Å². The Kier molecular flexibility index (Phi) is 4.32. The number of nitrogen functional groups attached to an aromatic ring is 1. The summed E-state index contributed by atoms with van der Waals surface area (Å²) in [5.41, 5.74) is 6.06. The number of nitrogens with one attached hydrogen (secondary N) is 1. The van der Waals surface area contributed by atoms with Crippen molar-refractivity contribution in [1.29, 1.82) is 5.41 Å². The molecule has 3 N–H and O–H groups in total. The number of thioether (sulfide) groups is 1. The molecule has 1 aromatic rings. The third kappa shape index (κ3) is 3.30. The zero-order valence-corrected chi connectivity index (χ0v) is 8.93. The van der Waals surface area contributed by atoms with Gasteiger partial charge in [0.1, 0.15) is 11.6 Å². The van der Waals surface area contributed by atoms with Crippen LogP contribution in [0.15, 0.2) is 24.3 Å². The summed E-state index contributed by atoms with van der Waals surface area (Å²) in [5, 5.41) is 7.26. The van der Waals surface area contributed by atoms with Gasteiger partial charge < -0.3 is 10.5 Å². The van der Waals surface area contributed by atoms with E-state index in [4.69, 9.17) is 15.9 Å². The summed E-state index contributed by atoms with van der Waals surface area (Å²) < 4.78 is 5.46. The van der Waals surface area contributed by atoms with Crippen LogP contribution in [-0.4, -0.2) is 24.5 Å². The number of hydrogen-bond acceptors (Lipinski definition) is 3. The van der Waals surface area contributed by atoms with Crippen LogP contribution >= 0.6 is 11.8 Å². The maximum atomic E-state index is 7.26.